The Morgan fingerprint density at radius 2 is 1.62 bits per heavy atom. The predicted octanol–water partition coefficient (Wildman–Crippen LogP) is 0.224. The lowest BCUT2D eigenvalue weighted by atomic mass is 10.0. The normalized spacial score (nSPS) is 11.2. The molecule has 8 nitrogen and oxygen atoms in total. The minimum absolute atomic E-state index is 0.238. The van der Waals surface area contributed by atoms with Crippen LogP contribution in [0.1, 0.15) is 24.9 Å². The van der Waals surface area contributed by atoms with E-state index >= 15 is 0 Å². The molecule has 0 aromatic heterocycles. The van der Waals surface area contributed by atoms with E-state index in [1.165, 1.54) is 6.92 Å². The van der Waals surface area contributed by atoms with Crippen molar-refractivity contribution < 1.29 is 24.3 Å². The van der Waals surface area contributed by atoms with Gasteiger partial charge in [0, 0.05) is 11.9 Å². The van der Waals surface area contributed by atoms with Crippen LogP contribution in [0.3, 0.4) is 0 Å². The number of carbonyl (C=O) groups excluding carboxylic acids is 3. The lowest BCUT2D eigenvalue weighted by molar-refractivity contribution is -0.138. The number of hydrogen-bond donors (Lipinski definition) is 4. The summed E-state index contributed by atoms with van der Waals surface area (Å²) < 4.78 is 0. The maximum Gasteiger partial charge on any atom is 0.305 e. The second-order valence-electron chi connectivity index (χ2n) is 4.96. The van der Waals surface area contributed by atoms with Gasteiger partial charge in [-0.25, -0.2) is 0 Å². The summed E-state index contributed by atoms with van der Waals surface area (Å²) in [5.41, 5.74) is 0.583. The monoisotopic (exact) mass is 355 g/mol. The molecule has 0 unspecified atom stereocenters. The number of aliphatic carboxylic acids is 1. The Kier molecular flexibility index (Phi) is 7.70. The number of carboxylic acids is 1. The van der Waals surface area contributed by atoms with E-state index in [0.29, 0.717) is 10.6 Å². The highest BCUT2D eigenvalue weighted by Crippen LogP contribution is 2.19. The molecular weight excluding hydrogens is 338 g/mol. The molecule has 1 aromatic rings. The van der Waals surface area contributed by atoms with Gasteiger partial charge >= 0.3 is 5.97 Å². The highest BCUT2D eigenvalue weighted by molar-refractivity contribution is 6.30. The molecular formula is C15H18ClN3O5. The zero-order valence-corrected chi connectivity index (χ0v) is 13.7. The topological polar surface area (TPSA) is 125 Å². The number of nitrogens with one attached hydrogen (secondary N) is 3. The van der Waals surface area contributed by atoms with Crippen molar-refractivity contribution in [3.05, 3.63) is 34.9 Å². The Balaban J connectivity index is 2.58. The first-order valence-corrected chi connectivity index (χ1v) is 7.43. The Morgan fingerprint density at radius 1 is 1.04 bits per heavy atom. The van der Waals surface area contributed by atoms with Crippen LogP contribution in [0.2, 0.25) is 5.02 Å². The van der Waals surface area contributed by atoms with Gasteiger partial charge in [-0.2, -0.15) is 0 Å². The van der Waals surface area contributed by atoms with Crippen molar-refractivity contribution in [3.8, 4) is 0 Å². The average Bonchev–Trinajstić information content (AvgIpc) is 2.50. The molecule has 0 aliphatic heterocycles. The molecule has 1 atom stereocenters. The first-order valence-electron chi connectivity index (χ1n) is 7.05. The van der Waals surface area contributed by atoms with E-state index in [0.717, 1.165) is 0 Å². The van der Waals surface area contributed by atoms with Crippen LogP contribution in [0, 0.1) is 0 Å². The van der Waals surface area contributed by atoms with Crippen LogP contribution in [-0.2, 0) is 19.2 Å². The highest BCUT2D eigenvalue weighted by Gasteiger charge is 2.18. The third-order valence-corrected chi connectivity index (χ3v) is 3.18. The third-order valence-electron chi connectivity index (χ3n) is 2.93. The molecule has 0 bridgehead atoms. The van der Waals surface area contributed by atoms with E-state index < -0.39 is 23.8 Å². The zero-order valence-electron chi connectivity index (χ0n) is 13.0. The average molecular weight is 356 g/mol. The Hall–Kier alpha value is -2.61. The zero-order chi connectivity index (χ0) is 18.1. The van der Waals surface area contributed by atoms with Gasteiger partial charge in [-0.3, -0.25) is 19.2 Å². The summed E-state index contributed by atoms with van der Waals surface area (Å²) >= 11 is 5.78. The molecule has 0 radical (unpaired) electrons. The van der Waals surface area contributed by atoms with Crippen molar-refractivity contribution in [2.75, 3.05) is 13.1 Å². The van der Waals surface area contributed by atoms with Gasteiger partial charge in [-0.1, -0.05) is 23.7 Å². The van der Waals surface area contributed by atoms with E-state index in [2.05, 4.69) is 16.0 Å². The molecule has 3 amide bonds. The summed E-state index contributed by atoms with van der Waals surface area (Å²) in [5.74, 6) is -2.52. The maximum atomic E-state index is 11.9. The fourth-order valence-electron chi connectivity index (χ4n) is 1.81. The quantitative estimate of drug-likeness (QED) is 0.531. The predicted molar refractivity (Wildman–Crippen MR) is 86.3 cm³/mol. The second-order valence-corrected chi connectivity index (χ2v) is 5.39. The standard InChI is InChI=1S/C15H18ClN3O5/c1-9(20)17-7-13(21)18-8-14(22)19-12(6-15(23)24)10-2-4-11(16)5-3-10/h2-5,12H,6-8H2,1H3,(H,17,20)(H,18,21)(H,19,22)(H,23,24)/t12-/m0/s1. The first-order chi connectivity index (χ1) is 11.3. The SMILES string of the molecule is CC(=O)NCC(=O)NCC(=O)N[C@@H](CC(=O)O)c1ccc(Cl)cc1. The van der Waals surface area contributed by atoms with Crippen LogP contribution in [0.5, 0.6) is 0 Å². The van der Waals surface area contributed by atoms with Gasteiger partial charge in [0.25, 0.3) is 0 Å². The van der Waals surface area contributed by atoms with Crippen LogP contribution in [0.4, 0.5) is 0 Å². The number of hydrogen-bond acceptors (Lipinski definition) is 4. The van der Waals surface area contributed by atoms with Crippen molar-refractivity contribution in [3.63, 3.8) is 0 Å². The number of amides is 3. The van der Waals surface area contributed by atoms with Crippen LogP contribution in [-0.4, -0.2) is 41.9 Å². The fraction of sp³-hybridized carbons (Fsp3) is 0.333. The molecule has 0 aliphatic rings. The van der Waals surface area contributed by atoms with Crippen LogP contribution < -0.4 is 16.0 Å². The van der Waals surface area contributed by atoms with E-state index in [1.807, 2.05) is 0 Å². The molecule has 1 rings (SSSR count). The first kappa shape index (κ1) is 19.4. The van der Waals surface area contributed by atoms with Gasteiger partial charge in [0.05, 0.1) is 25.6 Å². The number of rotatable bonds is 8. The number of carbonyl (C=O) groups is 4. The fourth-order valence-corrected chi connectivity index (χ4v) is 1.94. The minimum Gasteiger partial charge on any atom is -0.481 e. The molecule has 0 fully saturated rings. The van der Waals surface area contributed by atoms with E-state index in [4.69, 9.17) is 16.7 Å². The van der Waals surface area contributed by atoms with Crippen LogP contribution >= 0.6 is 11.6 Å². The Labute approximate surface area is 143 Å². The highest BCUT2D eigenvalue weighted by atomic mass is 35.5. The van der Waals surface area contributed by atoms with Crippen molar-refractivity contribution in [2.45, 2.75) is 19.4 Å². The lowest BCUT2D eigenvalue weighted by Gasteiger charge is -2.18. The molecule has 0 aliphatic carbocycles. The van der Waals surface area contributed by atoms with Crippen LogP contribution in [0.25, 0.3) is 0 Å². The van der Waals surface area contributed by atoms with E-state index in [9.17, 15) is 19.2 Å². The molecule has 4 N–H and O–H groups in total. The summed E-state index contributed by atoms with van der Waals surface area (Å²) in [4.78, 5) is 44.9. The molecule has 130 valence electrons. The number of carboxylic acid groups (broad SMARTS) is 1. The van der Waals surface area contributed by atoms with Gasteiger partial charge in [0.2, 0.25) is 17.7 Å². The maximum absolute atomic E-state index is 11.9. The van der Waals surface area contributed by atoms with Crippen molar-refractivity contribution >= 4 is 35.3 Å². The van der Waals surface area contributed by atoms with Gasteiger partial charge in [-0.15, -0.1) is 0 Å². The van der Waals surface area contributed by atoms with E-state index in [1.54, 1.807) is 24.3 Å². The Bertz CT molecular complexity index is 618. The molecule has 1 aromatic carbocycles. The van der Waals surface area contributed by atoms with Gasteiger partial charge in [-0.05, 0) is 17.7 Å². The smallest absolute Gasteiger partial charge is 0.305 e. The third kappa shape index (κ3) is 7.59. The van der Waals surface area contributed by atoms with Crippen molar-refractivity contribution in [2.24, 2.45) is 0 Å². The number of benzene rings is 1. The number of halogens is 1. The summed E-state index contributed by atoms with van der Waals surface area (Å²) in [6, 6.07) is 5.66. The lowest BCUT2D eigenvalue weighted by Crippen LogP contribution is -2.42. The molecule has 0 saturated heterocycles. The van der Waals surface area contributed by atoms with Crippen molar-refractivity contribution in [1.82, 2.24) is 16.0 Å². The van der Waals surface area contributed by atoms with E-state index in [-0.39, 0.29) is 25.4 Å². The summed E-state index contributed by atoms with van der Waals surface area (Å²) in [7, 11) is 0. The van der Waals surface area contributed by atoms with Gasteiger partial charge in [0.1, 0.15) is 0 Å². The summed E-state index contributed by atoms with van der Waals surface area (Å²) in [6.07, 6.45) is -0.312. The molecule has 0 heterocycles. The molecule has 0 spiro atoms. The molecule has 0 saturated carbocycles. The molecule has 24 heavy (non-hydrogen) atoms. The van der Waals surface area contributed by atoms with Gasteiger partial charge < -0.3 is 21.1 Å². The van der Waals surface area contributed by atoms with Crippen molar-refractivity contribution in [1.29, 1.82) is 0 Å². The van der Waals surface area contributed by atoms with Crippen LogP contribution in [0.15, 0.2) is 24.3 Å². The summed E-state index contributed by atoms with van der Waals surface area (Å²) in [6.45, 7) is 0.698. The second kappa shape index (κ2) is 9.51. The summed E-state index contributed by atoms with van der Waals surface area (Å²) in [5, 5.41) is 16.6. The largest absolute Gasteiger partial charge is 0.481 e. The minimum atomic E-state index is -1.08. The molecule has 9 heteroatoms. The van der Waals surface area contributed by atoms with Gasteiger partial charge in [0.15, 0.2) is 0 Å². The Morgan fingerprint density at radius 3 is 2.17 bits per heavy atom.